The number of hydrogen-bond donors (Lipinski definition) is 1. The van der Waals surface area contributed by atoms with Gasteiger partial charge in [-0.2, -0.15) is 4.31 Å². The first kappa shape index (κ1) is 22.8. The van der Waals surface area contributed by atoms with Crippen LogP contribution in [0.4, 0.5) is 0 Å². The van der Waals surface area contributed by atoms with Gasteiger partial charge < -0.3 is 10.1 Å². The number of amides is 1. The second kappa shape index (κ2) is 9.94. The number of carbonyl (C=O) groups is 1. The number of carbonyl (C=O) groups excluding carboxylic acids is 1. The standard InChI is InChI=1S/C22H27BrN2O4S/c1-3-21(16-6-10-19(29-2)11-7-16)24-22(26)17-5-4-14-25(15-17)30(27,28)20-12-8-18(23)9-13-20/h6-13,17,21H,3-5,14-15H2,1-2H3,(H,24,26). The quantitative estimate of drug-likeness (QED) is 0.627. The third-order valence-corrected chi connectivity index (χ3v) is 7.86. The van der Waals surface area contributed by atoms with Gasteiger partial charge in [-0.1, -0.05) is 35.0 Å². The molecule has 1 amide bonds. The van der Waals surface area contributed by atoms with Gasteiger partial charge in [0, 0.05) is 17.6 Å². The molecule has 1 saturated heterocycles. The lowest BCUT2D eigenvalue weighted by Crippen LogP contribution is -2.46. The first-order valence-corrected chi connectivity index (χ1v) is 12.3. The molecule has 2 atom stereocenters. The van der Waals surface area contributed by atoms with Gasteiger partial charge in [0.1, 0.15) is 5.75 Å². The van der Waals surface area contributed by atoms with Crippen LogP contribution in [0.3, 0.4) is 0 Å². The lowest BCUT2D eigenvalue weighted by Gasteiger charge is -2.32. The molecule has 0 aliphatic carbocycles. The van der Waals surface area contributed by atoms with Crippen molar-refractivity contribution in [2.45, 2.75) is 37.1 Å². The zero-order chi connectivity index (χ0) is 21.7. The summed E-state index contributed by atoms with van der Waals surface area (Å²) in [6, 6.07) is 14.1. The Kier molecular flexibility index (Phi) is 7.55. The molecule has 1 heterocycles. The zero-order valence-electron chi connectivity index (χ0n) is 17.2. The average molecular weight is 495 g/mol. The maximum absolute atomic E-state index is 13.0. The maximum atomic E-state index is 13.0. The molecule has 8 heteroatoms. The number of halogens is 1. The number of rotatable bonds is 7. The first-order chi connectivity index (χ1) is 14.3. The lowest BCUT2D eigenvalue weighted by molar-refractivity contribution is -0.126. The molecule has 1 aliphatic rings. The van der Waals surface area contributed by atoms with Gasteiger partial charge in [-0.25, -0.2) is 8.42 Å². The first-order valence-electron chi connectivity index (χ1n) is 10.0. The molecule has 2 unspecified atom stereocenters. The molecule has 3 rings (SSSR count). The van der Waals surface area contributed by atoms with E-state index < -0.39 is 10.0 Å². The molecule has 0 spiro atoms. The minimum atomic E-state index is -3.62. The number of piperidine rings is 1. The monoisotopic (exact) mass is 494 g/mol. The largest absolute Gasteiger partial charge is 0.497 e. The van der Waals surface area contributed by atoms with E-state index in [1.165, 1.54) is 4.31 Å². The van der Waals surface area contributed by atoms with Crippen LogP contribution in [0, 0.1) is 5.92 Å². The fourth-order valence-corrected chi connectivity index (χ4v) is 5.47. The van der Waals surface area contributed by atoms with Crippen LogP contribution in [-0.2, 0) is 14.8 Å². The summed E-state index contributed by atoms with van der Waals surface area (Å²) in [6.45, 7) is 2.64. The summed E-state index contributed by atoms with van der Waals surface area (Å²) >= 11 is 3.33. The van der Waals surface area contributed by atoms with Crippen LogP contribution >= 0.6 is 15.9 Å². The Morgan fingerprint density at radius 3 is 2.47 bits per heavy atom. The summed E-state index contributed by atoms with van der Waals surface area (Å²) in [5, 5.41) is 3.10. The van der Waals surface area contributed by atoms with Crippen molar-refractivity contribution in [2.75, 3.05) is 20.2 Å². The van der Waals surface area contributed by atoms with Crippen molar-refractivity contribution in [1.29, 1.82) is 0 Å². The Balaban J connectivity index is 1.69. The number of sulfonamides is 1. The minimum Gasteiger partial charge on any atom is -0.497 e. The fraction of sp³-hybridized carbons (Fsp3) is 0.409. The molecule has 6 nitrogen and oxygen atoms in total. The molecule has 0 saturated carbocycles. The summed E-state index contributed by atoms with van der Waals surface area (Å²) in [7, 11) is -2.00. The van der Waals surface area contributed by atoms with E-state index in [2.05, 4.69) is 21.2 Å². The van der Waals surface area contributed by atoms with E-state index >= 15 is 0 Å². The molecule has 0 aromatic heterocycles. The van der Waals surface area contributed by atoms with Crippen LogP contribution in [0.1, 0.15) is 37.8 Å². The second-order valence-corrected chi connectivity index (χ2v) is 10.3. The molecule has 0 bridgehead atoms. The Labute approximate surface area is 186 Å². The van der Waals surface area contributed by atoms with E-state index in [1.54, 1.807) is 31.4 Å². The molecule has 1 N–H and O–H groups in total. The Morgan fingerprint density at radius 1 is 1.20 bits per heavy atom. The summed E-state index contributed by atoms with van der Waals surface area (Å²) < 4.78 is 33.4. The van der Waals surface area contributed by atoms with Gasteiger partial charge in [0.25, 0.3) is 0 Å². The van der Waals surface area contributed by atoms with Gasteiger partial charge in [-0.15, -0.1) is 0 Å². The molecule has 1 aliphatic heterocycles. The molecule has 2 aromatic rings. The van der Waals surface area contributed by atoms with Crippen LogP contribution in [0.25, 0.3) is 0 Å². The van der Waals surface area contributed by atoms with Gasteiger partial charge >= 0.3 is 0 Å². The highest BCUT2D eigenvalue weighted by atomic mass is 79.9. The van der Waals surface area contributed by atoms with E-state index in [1.807, 2.05) is 31.2 Å². The number of methoxy groups -OCH3 is 1. The van der Waals surface area contributed by atoms with Crippen molar-refractivity contribution in [3.05, 3.63) is 58.6 Å². The topological polar surface area (TPSA) is 75.7 Å². The number of nitrogens with zero attached hydrogens (tertiary/aromatic N) is 1. The SMILES string of the molecule is CCC(NC(=O)C1CCCN(S(=O)(=O)c2ccc(Br)cc2)C1)c1ccc(OC)cc1. The average Bonchev–Trinajstić information content (AvgIpc) is 2.77. The lowest BCUT2D eigenvalue weighted by atomic mass is 9.97. The maximum Gasteiger partial charge on any atom is 0.243 e. The Hall–Kier alpha value is -1.90. The Bertz CT molecular complexity index is 962. The van der Waals surface area contributed by atoms with E-state index in [4.69, 9.17) is 4.74 Å². The van der Waals surface area contributed by atoms with Crippen molar-refractivity contribution in [3.63, 3.8) is 0 Å². The highest BCUT2D eigenvalue weighted by molar-refractivity contribution is 9.10. The summed E-state index contributed by atoms with van der Waals surface area (Å²) in [5.74, 6) is 0.297. The van der Waals surface area contributed by atoms with Crippen molar-refractivity contribution >= 4 is 31.9 Å². The molecule has 0 radical (unpaired) electrons. The molecular formula is C22H27BrN2O4S. The van der Waals surface area contributed by atoms with E-state index in [0.29, 0.717) is 19.4 Å². The van der Waals surface area contributed by atoms with Crippen LogP contribution in [-0.4, -0.2) is 38.8 Å². The minimum absolute atomic E-state index is 0.103. The number of hydrogen-bond acceptors (Lipinski definition) is 4. The van der Waals surface area contributed by atoms with Crippen molar-refractivity contribution < 1.29 is 17.9 Å². The predicted molar refractivity (Wildman–Crippen MR) is 120 cm³/mol. The summed E-state index contributed by atoms with van der Waals surface area (Å²) in [4.78, 5) is 13.2. The van der Waals surface area contributed by atoms with Gasteiger partial charge in [0.15, 0.2) is 0 Å². The van der Waals surface area contributed by atoms with Gasteiger partial charge in [0.2, 0.25) is 15.9 Å². The number of ether oxygens (including phenoxy) is 1. The Morgan fingerprint density at radius 2 is 1.87 bits per heavy atom. The molecular weight excluding hydrogens is 468 g/mol. The molecule has 30 heavy (non-hydrogen) atoms. The van der Waals surface area contributed by atoms with E-state index in [9.17, 15) is 13.2 Å². The summed E-state index contributed by atoms with van der Waals surface area (Å²) in [6.07, 6.45) is 2.08. The van der Waals surface area contributed by atoms with E-state index in [0.717, 1.165) is 22.2 Å². The fourth-order valence-electron chi connectivity index (χ4n) is 3.68. The highest BCUT2D eigenvalue weighted by Crippen LogP contribution is 2.26. The summed E-state index contributed by atoms with van der Waals surface area (Å²) in [5.41, 5.74) is 1.00. The smallest absolute Gasteiger partial charge is 0.243 e. The van der Waals surface area contributed by atoms with Gasteiger partial charge in [-0.05, 0) is 61.2 Å². The molecule has 2 aromatic carbocycles. The second-order valence-electron chi connectivity index (χ2n) is 7.40. The van der Waals surface area contributed by atoms with Gasteiger partial charge in [0.05, 0.1) is 24.0 Å². The van der Waals surface area contributed by atoms with Crippen molar-refractivity contribution in [2.24, 2.45) is 5.92 Å². The molecule has 1 fully saturated rings. The van der Waals surface area contributed by atoms with Crippen molar-refractivity contribution in [1.82, 2.24) is 9.62 Å². The highest BCUT2D eigenvalue weighted by Gasteiger charge is 2.33. The molecule has 162 valence electrons. The third-order valence-electron chi connectivity index (χ3n) is 5.45. The van der Waals surface area contributed by atoms with Crippen molar-refractivity contribution in [3.8, 4) is 5.75 Å². The van der Waals surface area contributed by atoms with Crippen LogP contribution in [0.5, 0.6) is 5.75 Å². The van der Waals surface area contributed by atoms with Crippen LogP contribution in [0.2, 0.25) is 0 Å². The van der Waals surface area contributed by atoms with Gasteiger partial charge in [-0.3, -0.25) is 4.79 Å². The zero-order valence-corrected chi connectivity index (χ0v) is 19.6. The predicted octanol–water partition coefficient (Wildman–Crippen LogP) is 4.13. The number of nitrogens with one attached hydrogen (secondary N) is 1. The van der Waals surface area contributed by atoms with Crippen LogP contribution in [0.15, 0.2) is 57.9 Å². The number of benzene rings is 2. The third kappa shape index (κ3) is 5.22. The van der Waals surface area contributed by atoms with E-state index in [-0.39, 0.29) is 29.3 Å². The normalized spacial score (nSPS) is 18.6. The van der Waals surface area contributed by atoms with Crippen LogP contribution < -0.4 is 10.1 Å².